The Morgan fingerprint density at radius 2 is 1.95 bits per heavy atom. The third kappa shape index (κ3) is 4.23. The van der Waals surface area contributed by atoms with Crippen molar-refractivity contribution < 1.29 is 9.53 Å². The van der Waals surface area contributed by atoms with Crippen molar-refractivity contribution >= 4 is 21.8 Å². The number of alkyl halides is 1. The van der Waals surface area contributed by atoms with Gasteiger partial charge >= 0.3 is 0 Å². The minimum absolute atomic E-state index is 0.131. The Bertz CT molecular complexity index is 414. The van der Waals surface area contributed by atoms with Crippen LogP contribution in [0.3, 0.4) is 0 Å². The molecule has 3 nitrogen and oxygen atoms in total. The fourth-order valence-corrected chi connectivity index (χ4v) is 2.49. The molecule has 0 atom stereocenters. The quantitative estimate of drug-likeness (QED) is 0.793. The largest absolute Gasteiger partial charge is 0.493 e. The van der Waals surface area contributed by atoms with Crippen LogP contribution in [-0.2, 0) is 0 Å². The molecule has 2 rings (SSSR count). The number of ether oxygens (including phenoxy) is 1. The molecule has 0 saturated carbocycles. The Labute approximate surface area is 123 Å². The zero-order chi connectivity index (χ0) is 13.5. The number of hydrogen-bond donors (Lipinski definition) is 0. The van der Waals surface area contributed by atoms with Crippen molar-refractivity contribution in [3.05, 3.63) is 29.8 Å². The van der Waals surface area contributed by atoms with Gasteiger partial charge in [-0.1, -0.05) is 34.8 Å². The summed E-state index contributed by atoms with van der Waals surface area (Å²) in [6.07, 6.45) is 4.70. The molecule has 1 aromatic carbocycles. The van der Waals surface area contributed by atoms with Gasteiger partial charge < -0.3 is 9.64 Å². The molecule has 1 aromatic rings. The molecular formula is C15H20BrNO2. The molecule has 104 valence electrons. The van der Waals surface area contributed by atoms with Crippen molar-refractivity contribution in [1.82, 2.24) is 4.90 Å². The predicted octanol–water partition coefficient (Wildman–Crippen LogP) is 3.48. The fourth-order valence-electron chi connectivity index (χ4n) is 2.33. The van der Waals surface area contributed by atoms with Crippen molar-refractivity contribution in [2.24, 2.45) is 0 Å². The van der Waals surface area contributed by atoms with Crippen LogP contribution in [0, 0.1) is 0 Å². The van der Waals surface area contributed by atoms with Crippen molar-refractivity contribution in [3.63, 3.8) is 0 Å². The second-order valence-corrected chi connectivity index (χ2v) is 5.56. The summed E-state index contributed by atoms with van der Waals surface area (Å²) in [6.45, 7) is 2.37. The SMILES string of the molecule is O=C(c1cccc(OCCBr)c1)N1CCCCCC1. The monoisotopic (exact) mass is 325 g/mol. The number of halogens is 1. The summed E-state index contributed by atoms with van der Waals surface area (Å²) >= 11 is 3.33. The third-order valence-electron chi connectivity index (χ3n) is 3.32. The van der Waals surface area contributed by atoms with Gasteiger partial charge in [0, 0.05) is 24.0 Å². The Hall–Kier alpha value is -1.03. The van der Waals surface area contributed by atoms with Gasteiger partial charge in [0.05, 0.1) is 6.61 Å². The molecule has 1 aliphatic rings. The lowest BCUT2D eigenvalue weighted by Crippen LogP contribution is -2.31. The zero-order valence-corrected chi connectivity index (χ0v) is 12.7. The van der Waals surface area contributed by atoms with Gasteiger partial charge in [-0.05, 0) is 31.0 Å². The molecule has 0 aromatic heterocycles. The summed E-state index contributed by atoms with van der Waals surface area (Å²) in [5.41, 5.74) is 0.731. The lowest BCUT2D eigenvalue weighted by atomic mass is 10.2. The molecule has 1 fully saturated rings. The second-order valence-electron chi connectivity index (χ2n) is 4.77. The highest BCUT2D eigenvalue weighted by molar-refractivity contribution is 9.09. The standard InChI is InChI=1S/C15H20BrNO2/c16-8-11-19-14-7-5-6-13(12-14)15(18)17-9-3-1-2-4-10-17/h5-7,12H,1-4,8-11H2. The zero-order valence-electron chi connectivity index (χ0n) is 11.1. The Balaban J connectivity index is 2.04. The van der Waals surface area contributed by atoms with E-state index >= 15 is 0 Å². The van der Waals surface area contributed by atoms with E-state index in [1.165, 1.54) is 12.8 Å². The summed E-state index contributed by atoms with van der Waals surface area (Å²) in [6, 6.07) is 7.49. The van der Waals surface area contributed by atoms with Crippen LogP contribution in [0.2, 0.25) is 0 Å². The number of amides is 1. The molecule has 0 N–H and O–H groups in total. The fraction of sp³-hybridized carbons (Fsp3) is 0.533. The first-order valence-electron chi connectivity index (χ1n) is 6.89. The van der Waals surface area contributed by atoms with Gasteiger partial charge in [-0.3, -0.25) is 4.79 Å². The first-order chi connectivity index (χ1) is 9.31. The second kappa shape index (κ2) is 7.53. The molecule has 0 radical (unpaired) electrons. The van der Waals surface area contributed by atoms with Gasteiger partial charge in [-0.15, -0.1) is 0 Å². The Morgan fingerprint density at radius 1 is 1.21 bits per heavy atom. The number of carbonyl (C=O) groups is 1. The van der Waals surface area contributed by atoms with E-state index in [9.17, 15) is 4.79 Å². The summed E-state index contributed by atoms with van der Waals surface area (Å²) in [5.74, 6) is 0.895. The van der Waals surface area contributed by atoms with E-state index in [2.05, 4.69) is 15.9 Å². The molecular weight excluding hydrogens is 306 g/mol. The molecule has 4 heteroatoms. The van der Waals surface area contributed by atoms with Crippen LogP contribution in [0.15, 0.2) is 24.3 Å². The van der Waals surface area contributed by atoms with E-state index in [1.807, 2.05) is 29.2 Å². The topological polar surface area (TPSA) is 29.5 Å². The molecule has 1 aliphatic heterocycles. The molecule has 1 heterocycles. The molecule has 1 amide bonds. The van der Waals surface area contributed by atoms with Crippen LogP contribution < -0.4 is 4.74 Å². The molecule has 0 aliphatic carbocycles. The van der Waals surface area contributed by atoms with Crippen LogP contribution in [-0.4, -0.2) is 35.8 Å². The van der Waals surface area contributed by atoms with Gasteiger partial charge in [-0.25, -0.2) is 0 Å². The summed E-state index contributed by atoms with van der Waals surface area (Å²) in [5, 5.41) is 0.789. The van der Waals surface area contributed by atoms with Gasteiger partial charge in [0.25, 0.3) is 5.91 Å². The summed E-state index contributed by atoms with van der Waals surface area (Å²) in [7, 11) is 0. The molecule has 0 bridgehead atoms. The Morgan fingerprint density at radius 3 is 2.63 bits per heavy atom. The van der Waals surface area contributed by atoms with Crippen molar-refractivity contribution in [1.29, 1.82) is 0 Å². The number of rotatable bonds is 4. The van der Waals surface area contributed by atoms with Gasteiger partial charge in [0.2, 0.25) is 0 Å². The van der Waals surface area contributed by atoms with Gasteiger partial charge in [-0.2, -0.15) is 0 Å². The Kier molecular flexibility index (Phi) is 5.70. The molecule has 0 spiro atoms. The normalized spacial score (nSPS) is 15.9. The lowest BCUT2D eigenvalue weighted by molar-refractivity contribution is 0.0761. The van der Waals surface area contributed by atoms with E-state index in [0.717, 1.165) is 42.6 Å². The van der Waals surface area contributed by atoms with E-state index in [-0.39, 0.29) is 5.91 Å². The lowest BCUT2D eigenvalue weighted by Gasteiger charge is -2.20. The van der Waals surface area contributed by atoms with Crippen LogP contribution in [0.1, 0.15) is 36.0 Å². The number of likely N-dealkylation sites (tertiary alicyclic amines) is 1. The van der Waals surface area contributed by atoms with E-state index in [0.29, 0.717) is 6.61 Å². The van der Waals surface area contributed by atoms with E-state index < -0.39 is 0 Å². The third-order valence-corrected chi connectivity index (χ3v) is 3.64. The minimum atomic E-state index is 0.131. The first kappa shape index (κ1) is 14.4. The average molecular weight is 326 g/mol. The van der Waals surface area contributed by atoms with Crippen molar-refractivity contribution in [2.75, 3.05) is 25.0 Å². The van der Waals surface area contributed by atoms with Crippen LogP contribution in [0.5, 0.6) is 5.75 Å². The molecule has 1 saturated heterocycles. The van der Waals surface area contributed by atoms with Crippen molar-refractivity contribution in [2.45, 2.75) is 25.7 Å². The smallest absolute Gasteiger partial charge is 0.253 e. The summed E-state index contributed by atoms with van der Waals surface area (Å²) < 4.78 is 5.54. The number of benzene rings is 1. The highest BCUT2D eigenvalue weighted by atomic mass is 79.9. The predicted molar refractivity (Wildman–Crippen MR) is 80.1 cm³/mol. The highest BCUT2D eigenvalue weighted by Gasteiger charge is 2.17. The average Bonchev–Trinajstić information content (AvgIpc) is 2.73. The maximum Gasteiger partial charge on any atom is 0.253 e. The van der Waals surface area contributed by atoms with Crippen LogP contribution in [0.25, 0.3) is 0 Å². The number of hydrogen-bond acceptors (Lipinski definition) is 2. The minimum Gasteiger partial charge on any atom is -0.493 e. The molecule has 0 unspecified atom stereocenters. The van der Waals surface area contributed by atoms with Crippen LogP contribution >= 0.6 is 15.9 Å². The van der Waals surface area contributed by atoms with Gasteiger partial charge in [0.1, 0.15) is 5.75 Å². The summed E-state index contributed by atoms with van der Waals surface area (Å²) in [4.78, 5) is 14.4. The van der Waals surface area contributed by atoms with E-state index in [1.54, 1.807) is 0 Å². The first-order valence-corrected chi connectivity index (χ1v) is 8.01. The van der Waals surface area contributed by atoms with Crippen molar-refractivity contribution in [3.8, 4) is 5.75 Å². The highest BCUT2D eigenvalue weighted by Crippen LogP contribution is 2.17. The maximum atomic E-state index is 12.4. The van der Waals surface area contributed by atoms with Crippen LogP contribution in [0.4, 0.5) is 0 Å². The number of carbonyl (C=O) groups excluding carboxylic acids is 1. The maximum absolute atomic E-state index is 12.4. The van der Waals surface area contributed by atoms with Gasteiger partial charge in [0.15, 0.2) is 0 Å². The van der Waals surface area contributed by atoms with E-state index in [4.69, 9.17) is 4.74 Å². The number of nitrogens with zero attached hydrogens (tertiary/aromatic N) is 1. The molecule has 19 heavy (non-hydrogen) atoms.